The minimum atomic E-state index is -4.19. The lowest BCUT2D eigenvalue weighted by Crippen LogP contribution is -2.04. The van der Waals surface area contributed by atoms with E-state index in [1.54, 1.807) is 0 Å². The lowest BCUT2D eigenvalue weighted by molar-refractivity contribution is 0.470. The number of aromatic nitrogens is 3. The molecule has 1 aromatic heterocycles. The molecule has 0 bridgehead atoms. The second-order valence-corrected chi connectivity index (χ2v) is 3.62. The second-order valence-electron chi connectivity index (χ2n) is 2.25. The van der Waals surface area contributed by atoms with Gasteiger partial charge in [0.2, 0.25) is 5.03 Å². The molecular formula is C5H10ClN3O3S. The largest absolute Gasteiger partial charge is 0.315 e. The molecule has 1 rings (SSSR count). The van der Waals surface area contributed by atoms with Crippen molar-refractivity contribution < 1.29 is 13.0 Å². The van der Waals surface area contributed by atoms with Gasteiger partial charge in [0, 0.05) is 0 Å². The zero-order valence-electron chi connectivity index (χ0n) is 6.91. The molecule has 1 heterocycles. The maximum atomic E-state index is 10.5. The summed E-state index contributed by atoms with van der Waals surface area (Å²) in [4.78, 5) is 1.23. The topological polar surface area (TPSA) is 85.1 Å². The molecule has 0 saturated heterocycles. The van der Waals surface area contributed by atoms with E-state index in [1.807, 2.05) is 6.92 Å². The Morgan fingerprint density at radius 3 is 2.62 bits per heavy atom. The van der Waals surface area contributed by atoms with Gasteiger partial charge in [-0.3, -0.25) is 4.55 Å². The van der Waals surface area contributed by atoms with Crippen molar-refractivity contribution >= 4 is 22.5 Å². The van der Waals surface area contributed by atoms with Crippen molar-refractivity contribution in [2.45, 2.75) is 24.9 Å². The molecule has 76 valence electrons. The van der Waals surface area contributed by atoms with Gasteiger partial charge in [0.25, 0.3) is 0 Å². The highest BCUT2D eigenvalue weighted by atomic mass is 35.5. The number of nitrogens with zero attached hydrogens (tertiary/aromatic N) is 3. The second kappa shape index (κ2) is 4.54. The van der Waals surface area contributed by atoms with Crippen LogP contribution in [-0.2, 0) is 16.7 Å². The first-order chi connectivity index (χ1) is 5.54. The summed E-state index contributed by atoms with van der Waals surface area (Å²) in [6.45, 7) is 2.45. The first kappa shape index (κ1) is 12.3. The summed E-state index contributed by atoms with van der Waals surface area (Å²) >= 11 is 0. The summed E-state index contributed by atoms with van der Waals surface area (Å²) in [6, 6.07) is 0. The number of halogens is 1. The molecule has 0 spiro atoms. The molecule has 0 unspecified atom stereocenters. The van der Waals surface area contributed by atoms with Gasteiger partial charge in [-0.15, -0.1) is 17.5 Å². The summed E-state index contributed by atoms with van der Waals surface area (Å²) < 4.78 is 29.5. The summed E-state index contributed by atoms with van der Waals surface area (Å²) in [6.07, 6.45) is 1.82. The van der Waals surface area contributed by atoms with Gasteiger partial charge in [0.15, 0.2) is 0 Å². The number of hydrogen-bond acceptors (Lipinski definition) is 4. The van der Waals surface area contributed by atoms with E-state index < -0.39 is 15.1 Å². The lowest BCUT2D eigenvalue weighted by Gasteiger charge is -1.92. The van der Waals surface area contributed by atoms with Crippen LogP contribution in [0.1, 0.15) is 13.3 Å². The Hall–Kier alpha value is -0.660. The zero-order chi connectivity index (χ0) is 9.19. The van der Waals surface area contributed by atoms with Gasteiger partial charge in [0.1, 0.15) is 0 Å². The fraction of sp³-hybridized carbons (Fsp3) is 0.600. The van der Waals surface area contributed by atoms with Gasteiger partial charge < -0.3 is 0 Å². The van der Waals surface area contributed by atoms with Crippen molar-refractivity contribution in [3.63, 3.8) is 0 Å². The van der Waals surface area contributed by atoms with Crippen molar-refractivity contribution in [2.24, 2.45) is 0 Å². The van der Waals surface area contributed by atoms with Crippen LogP contribution in [0.15, 0.2) is 11.2 Å². The summed E-state index contributed by atoms with van der Waals surface area (Å²) in [5, 5.41) is 6.77. The van der Waals surface area contributed by atoms with Gasteiger partial charge >= 0.3 is 10.1 Å². The molecule has 0 aromatic carbocycles. The third-order valence-electron chi connectivity index (χ3n) is 1.20. The smallest absolute Gasteiger partial charge is 0.281 e. The Kier molecular flexibility index (Phi) is 4.31. The van der Waals surface area contributed by atoms with Gasteiger partial charge in [-0.2, -0.15) is 18.3 Å². The zero-order valence-corrected chi connectivity index (χ0v) is 8.55. The molecule has 8 heteroatoms. The van der Waals surface area contributed by atoms with E-state index in [9.17, 15) is 8.42 Å². The Bertz CT molecular complexity index is 361. The van der Waals surface area contributed by atoms with Crippen LogP contribution < -0.4 is 0 Å². The minimum Gasteiger partial charge on any atom is -0.281 e. The van der Waals surface area contributed by atoms with Crippen molar-refractivity contribution in [2.75, 3.05) is 0 Å². The fourth-order valence-corrected chi connectivity index (χ4v) is 1.09. The number of rotatable bonds is 3. The Labute approximate surface area is 82.1 Å². The minimum absolute atomic E-state index is 0. The highest BCUT2D eigenvalue weighted by Crippen LogP contribution is 2.00. The van der Waals surface area contributed by atoms with Crippen LogP contribution in [0.4, 0.5) is 0 Å². The van der Waals surface area contributed by atoms with Gasteiger partial charge in [-0.1, -0.05) is 6.92 Å². The third-order valence-corrected chi connectivity index (χ3v) is 1.92. The lowest BCUT2D eigenvalue weighted by atomic mass is 10.5. The molecule has 6 nitrogen and oxygen atoms in total. The summed E-state index contributed by atoms with van der Waals surface area (Å²) in [7, 11) is -4.19. The molecule has 0 amide bonds. The van der Waals surface area contributed by atoms with Gasteiger partial charge in [-0.25, -0.2) is 0 Å². The summed E-state index contributed by atoms with van der Waals surface area (Å²) in [5.41, 5.74) is 0. The van der Waals surface area contributed by atoms with Crippen molar-refractivity contribution in [1.82, 2.24) is 15.0 Å². The van der Waals surface area contributed by atoms with Crippen LogP contribution in [0.25, 0.3) is 0 Å². The monoisotopic (exact) mass is 227 g/mol. The van der Waals surface area contributed by atoms with E-state index in [0.717, 1.165) is 12.6 Å². The van der Waals surface area contributed by atoms with E-state index in [-0.39, 0.29) is 12.4 Å². The van der Waals surface area contributed by atoms with Crippen molar-refractivity contribution in [1.29, 1.82) is 0 Å². The normalized spacial score (nSPS) is 10.9. The van der Waals surface area contributed by atoms with E-state index >= 15 is 0 Å². The molecule has 0 aliphatic carbocycles. The molecule has 1 aromatic rings. The Morgan fingerprint density at radius 2 is 2.23 bits per heavy atom. The first-order valence-electron chi connectivity index (χ1n) is 3.41. The third kappa shape index (κ3) is 3.29. The van der Waals surface area contributed by atoms with Crippen molar-refractivity contribution in [3.05, 3.63) is 6.20 Å². The van der Waals surface area contributed by atoms with E-state index in [2.05, 4.69) is 10.2 Å². The van der Waals surface area contributed by atoms with Crippen LogP contribution in [-0.4, -0.2) is 28.0 Å². The molecule has 1 N–H and O–H groups in total. The molecule has 0 atom stereocenters. The standard InChI is InChI=1S/C5H9N3O3S.ClH/c1-2-3-8-6-4-5(7-8)12(9,10)11;/h4H,2-3H2,1H3,(H,9,10,11);1H. The highest BCUT2D eigenvalue weighted by molar-refractivity contribution is 7.85. The molecule has 0 aliphatic heterocycles. The average molecular weight is 228 g/mol. The van der Waals surface area contributed by atoms with Crippen LogP contribution >= 0.6 is 12.4 Å². The summed E-state index contributed by atoms with van der Waals surface area (Å²) in [5.74, 6) is 0. The molecule has 0 fully saturated rings. The molecular weight excluding hydrogens is 218 g/mol. The van der Waals surface area contributed by atoms with Crippen LogP contribution in [0.5, 0.6) is 0 Å². The number of aryl methyl sites for hydroxylation is 1. The Balaban J connectivity index is 0.00000144. The number of hydrogen-bond donors (Lipinski definition) is 1. The van der Waals surface area contributed by atoms with E-state index in [1.165, 1.54) is 4.80 Å². The molecule has 0 aliphatic rings. The van der Waals surface area contributed by atoms with Gasteiger partial charge in [-0.05, 0) is 6.42 Å². The molecule has 0 radical (unpaired) electrons. The maximum absolute atomic E-state index is 10.5. The first-order valence-corrected chi connectivity index (χ1v) is 4.85. The Morgan fingerprint density at radius 1 is 1.62 bits per heavy atom. The average Bonchev–Trinajstić information content (AvgIpc) is 2.35. The van der Waals surface area contributed by atoms with Crippen molar-refractivity contribution in [3.8, 4) is 0 Å². The predicted molar refractivity (Wildman–Crippen MR) is 47.4 cm³/mol. The maximum Gasteiger partial charge on any atom is 0.315 e. The van der Waals surface area contributed by atoms with Gasteiger partial charge in [0.05, 0.1) is 12.7 Å². The molecule has 13 heavy (non-hydrogen) atoms. The van der Waals surface area contributed by atoms with Crippen LogP contribution in [0.3, 0.4) is 0 Å². The van der Waals surface area contributed by atoms with E-state index in [0.29, 0.717) is 6.54 Å². The predicted octanol–water partition coefficient (Wildman–Crippen LogP) is 0.357. The fourth-order valence-electron chi connectivity index (χ4n) is 0.707. The SMILES string of the molecule is CCCn1ncc(S(=O)(=O)O)n1.Cl. The van der Waals surface area contributed by atoms with E-state index in [4.69, 9.17) is 4.55 Å². The van der Waals surface area contributed by atoms with Crippen LogP contribution in [0.2, 0.25) is 0 Å². The highest BCUT2D eigenvalue weighted by Gasteiger charge is 2.13. The molecule has 0 saturated carbocycles. The van der Waals surface area contributed by atoms with Crippen LogP contribution in [0, 0.1) is 0 Å². The quantitative estimate of drug-likeness (QED) is 0.754.